The van der Waals surface area contributed by atoms with Crippen LogP contribution in [0, 0.1) is 5.92 Å². The Morgan fingerprint density at radius 1 is 1.17 bits per heavy atom. The quantitative estimate of drug-likeness (QED) is 0.863. The number of hydrogen-bond donors (Lipinski definition) is 0. The Labute approximate surface area is 136 Å². The van der Waals surface area contributed by atoms with E-state index in [2.05, 4.69) is 27.1 Å². The first-order valence-corrected chi connectivity index (χ1v) is 8.30. The molecule has 0 unspecified atom stereocenters. The van der Waals surface area contributed by atoms with Crippen LogP contribution in [0.2, 0.25) is 0 Å². The number of nitrogens with zero attached hydrogens (tertiary/aromatic N) is 4. The summed E-state index contributed by atoms with van der Waals surface area (Å²) in [6.07, 6.45) is 5.91. The van der Waals surface area contributed by atoms with Crippen molar-refractivity contribution < 1.29 is 9.47 Å². The molecule has 6 heteroatoms. The smallest absolute Gasteiger partial charge is 0.161 e. The summed E-state index contributed by atoms with van der Waals surface area (Å²) in [4.78, 5) is 6.55. The van der Waals surface area contributed by atoms with Crippen molar-refractivity contribution in [2.75, 3.05) is 26.3 Å². The Balaban J connectivity index is 1.38. The lowest BCUT2D eigenvalue weighted by Gasteiger charge is -2.32. The van der Waals surface area contributed by atoms with E-state index < -0.39 is 0 Å². The van der Waals surface area contributed by atoms with Gasteiger partial charge >= 0.3 is 0 Å². The fourth-order valence-corrected chi connectivity index (χ4v) is 3.48. The highest BCUT2D eigenvalue weighted by atomic mass is 16.6. The molecule has 4 rings (SSSR count). The first kappa shape index (κ1) is 14.5. The number of aromatic nitrogens is 3. The van der Waals surface area contributed by atoms with E-state index in [4.69, 9.17) is 9.47 Å². The van der Waals surface area contributed by atoms with Gasteiger partial charge in [-0.25, -0.2) is 4.98 Å². The van der Waals surface area contributed by atoms with Gasteiger partial charge in [-0.2, -0.15) is 5.10 Å². The van der Waals surface area contributed by atoms with E-state index in [-0.39, 0.29) is 0 Å². The summed E-state index contributed by atoms with van der Waals surface area (Å²) in [5.41, 5.74) is 1.29. The third-order valence-electron chi connectivity index (χ3n) is 4.53. The summed E-state index contributed by atoms with van der Waals surface area (Å²) in [5.74, 6) is 2.38. The minimum Gasteiger partial charge on any atom is -0.486 e. The second-order valence-corrected chi connectivity index (χ2v) is 6.34. The van der Waals surface area contributed by atoms with Crippen LogP contribution in [0.15, 0.2) is 30.9 Å². The molecule has 23 heavy (non-hydrogen) atoms. The fourth-order valence-electron chi connectivity index (χ4n) is 3.48. The SMILES string of the molecule is c1ncn(C[C@H]2CCCN(Cc3ccc4c(c3)OCCO4)C2)n1. The second kappa shape index (κ2) is 6.58. The maximum atomic E-state index is 5.68. The van der Waals surface area contributed by atoms with Crippen molar-refractivity contribution in [2.24, 2.45) is 5.92 Å². The van der Waals surface area contributed by atoms with Crippen LogP contribution in [-0.4, -0.2) is 46.0 Å². The third kappa shape index (κ3) is 3.47. The highest BCUT2D eigenvalue weighted by Gasteiger charge is 2.21. The van der Waals surface area contributed by atoms with Crippen molar-refractivity contribution in [3.63, 3.8) is 0 Å². The zero-order chi connectivity index (χ0) is 15.5. The van der Waals surface area contributed by atoms with Gasteiger partial charge in [0, 0.05) is 19.6 Å². The van der Waals surface area contributed by atoms with E-state index >= 15 is 0 Å². The topological polar surface area (TPSA) is 52.4 Å². The normalized spacial score (nSPS) is 21.3. The van der Waals surface area contributed by atoms with Crippen LogP contribution in [0.5, 0.6) is 11.5 Å². The molecule has 2 aliphatic heterocycles. The maximum Gasteiger partial charge on any atom is 0.161 e. The van der Waals surface area contributed by atoms with E-state index in [0.717, 1.165) is 37.7 Å². The summed E-state index contributed by atoms with van der Waals surface area (Å²) in [6.45, 7) is 5.46. The molecular weight excluding hydrogens is 292 g/mol. The molecule has 1 aromatic carbocycles. The Hall–Kier alpha value is -2.08. The lowest BCUT2D eigenvalue weighted by molar-refractivity contribution is 0.151. The predicted octanol–water partition coefficient (Wildman–Crippen LogP) is 1.96. The van der Waals surface area contributed by atoms with Crippen LogP contribution < -0.4 is 9.47 Å². The Morgan fingerprint density at radius 3 is 2.96 bits per heavy atom. The van der Waals surface area contributed by atoms with Gasteiger partial charge in [-0.05, 0) is 43.0 Å². The molecule has 6 nitrogen and oxygen atoms in total. The van der Waals surface area contributed by atoms with Gasteiger partial charge in [0.1, 0.15) is 25.9 Å². The molecule has 0 radical (unpaired) electrons. The molecule has 0 N–H and O–H groups in total. The first-order chi connectivity index (χ1) is 11.4. The van der Waals surface area contributed by atoms with Gasteiger partial charge in [-0.15, -0.1) is 0 Å². The Kier molecular flexibility index (Phi) is 4.15. The van der Waals surface area contributed by atoms with Gasteiger partial charge in [0.15, 0.2) is 11.5 Å². The largest absolute Gasteiger partial charge is 0.486 e. The number of piperidine rings is 1. The molecule has 1 aromatic heterocycles. The molecule has 0 bridgehead atoms. The lowest BCUT2D eigenvalue weighted by Crippen LogP contribution is -2.36. The predicted molar refractivity (Wildman–Crippen MR) is 85.5 cm³/mol. The molecule has 1 fully saturated rings. The van der Waals surface area contributed by atoms with E-state index in [1.54, 1.807) is 12.7 Å². The number of ether oxygens (including phenoxy) is 2. The van der Waals surface area contributed by atoms with Gasteiger partial charge in [0.2, 0.25) is 0 Å². The van der Waals surface area contributed by atoms with Crippen molar-refractivity contribution in [3.8, 4) is 11.5 Å². The standard InChI is InChI=1S/C17H22N4O2/c1-2-15(11-21-13-18-12-19-21)10-20(5-1)9-14-3-4-16-17(8-14)23-7-6-22-16/h3-4,8,12-13,15H,1-2,5-7,9-11H2/t15-/m0/s1. The summed E-state index contributed by atoms with van der Waals surface area (Å²) in [5, 5.41) is 4.22. The Bertz CT molecular complexity index is 644. The monoisotopic (exact) mass is 314 g/mol. The van der Waals surface area contributed by atoms with Crippen molar-refractivity contribution in [1.29, 1.82) is 0 Å². The van der Waals surface area contributed by atoms with Crippen LogP contribution in [0.4, 0.5) is 0 Å². The van der Waals surface area contributed by atoms with Crippen molar-refractivity contribution in [1.82, 2.24) is 19.7 Å². The lowest BCUT2D eigenvalue weighted by atomic mass is 9.97. The average Bonchev–Trinajstić information content (AvgIpc) is 3.08. The van der Waals surface area contributed by atoms with E-state index in [0.29, 0.717) is 19.1 Å². The van der Waals surface area contributed by atoms with Crippen LogP contribution in [0.25, 0.3) is 0 Å². The zero-order valence-electron chi connectivity index (χ0n) is 13.2. The molecule has 0 amide bonds. The van der Waals surface area contributed by atoms with Gasteiger partial charge in [-0.3, -0.25) is 9.58 Å². The molecular formula is C17H22N4O2. The van der Waals surface area contributed by atoms with Crippen LogP contribution in [0.3, 0.4) is 0 Å². The number of fused-ring (bicyclic) bond motifs is 1. The highest BCUT2D eigenvalue weighted by molar-refractivity contribution is 5.43. The van der Waals surface area contributed by atoms with Gasteiger partial charge in [0.05, 0.1) is 0 Å². The molecule has 0 aliphatic carbocycles. The summed E-state index contributed by atoms with van der Waals surface area (Å²) < 4.78 is 13.2. The van der Waals surface area contributed by atoms with Crippen molar-refractivity contribution >= 4 is 0 Å². The van der Waals surface area contributed by atoms with Gasteiger partial charge in [0.25, 0.3) is 0 Å². The molecule has 1 atom stereocenters. The summed E-state index contributed by atoms with van der Waals surface area (Å²) in [6, 6.07) is 6.30. The second-order valence-electron chi connectivity index (χ2n) is 6.34. The number of benzene rings is 1. The van der Waals surface area contributed by atoms with Crippen LogP contribution in [-0.2, 0) is 13.1 Å². The number of likely N-dealkylation sites (tertiary alicyclic amines) is 1. The molecule has 3 heterocycles. The van der Waals surface area contributed by atoms with E-state index in [1.165, 1.54) is 18.4 Å². The molecule has 122 valence electrons. The number of hydrogen-bond acceptors (Lipinski definition) is 5. The van der Waals surface area contributed by atoms with E-state index in [9.17, 15) is 0 Å². The van der Waals surface area contributed by atoms with E-state index in [1.807, 2.05) is 10.7 Å². The molecule has 2 aromatic rings. The van der Waals surface area contributed by atoms with Crippen LogP contribution >= 0.6 is 0 Å². The van der Waals surface area contributed by atoms with Gasteiger partial charge in [-0.1, -0.05) is 6.07 Å². The molecule has 0 saturated carbocycles. The first-order valence-electron chi connectivity index (χ1n) is 8.30. The van der Waals surface area contributed by atoms with Crippen molar-refractivity contribution in [2.45, 2.75) is 25.9 Å². The Morgan fingerprint density at radius 2 is 2.09 bits per heavy atom. The summed E-state index contributed by atoms with van der Waals surface area (Å²) in [7, 11) is 0. The van der Waals surface area contributed by atoms with Gasteiger partial charge < -0.3 is 9.47 Å². The summed E-state index contributed by atoms with van der Waals surface area (Å²) >= 11 is 0. The minimum atomic E-state index is 0.639. The third-order valence-corrected chi connectivity index (χ3v) is 4.53. The zero-order valence-corrected chi connectivity index (χ0v) is 13.2. The van der Waals surface area contributed by atoms with Crippen molar-refractivity contribution in [3.05, 3.63) is 36.4 Å². The molecule has 2 aliphatic rings. The minimum absolute atomic E-state index is 0.639. The molecule has 0 spiro atoms. The highest BCUT2D eigenvalue weighted by Crippen LogP contribution is 2.31. The maximum absolute atomic E-state index is 5.68. The fraction of sp³-hybridized carbons (Fsp3) is 0.529. The van der Waals surface area contributed by atoms with Crippen LogP contribution in [0.1, 0.15) is 18.4 Å². The molecule has 1 saturated heterocycles. The average molecular weight is 314 g/mol. The number of rotatable bonds is 4.